The molecule has 0 fully saturated rings. The number of benzene rings is 7. The van der Waals surface area contributed by atoms with Crippen molar-refractivity contribution in [3.8, 4) is 11.1 Å². The maximum Gasteiger partial charge on any atom is 0.0540 e. The standard InChI is InChI=1S/C38H25NS/c1-2-12-28(13-3-1)39(29-22-20-27(21-23-29)31-16-8-11-26-10-4-5-14-30(26)31)36-18-9-17-34-32(36)24-25-35-33-15-6-7-19-37(33)40-38(34)35/h1-25H. The average Bonchev–Trinajstić information content (AvgIpc) is 3.41. The molecule has 8 rings (SSSR count). The van der Waals surface area contributed by atoms with Gasteiger partial charge in [-0.25, -0.2) is 0 Å². The zero-order valence-electron chi connectivity index (χ0n) is 21.8. The van der Waals surface area contributed by atoms with Gasteiger partial charge < -0.3 is 4.90 Å². The Morgan fingerprint density at radius 3 is 1.90 bits per heavy atom. The molecule has 1 aromatic heterocycles. The van der Waals surface area contributed by atoms with Gasteiger partial charge in [-0.15, -0.1) is 11.3 Å². The van der Waals surface area contributed by atoms with Gasteiger partial charge in [-0.1, -0.05) is 115 Å². The minimum atomic E-state index is 1.14. The van der Waals surface area contributed by atoms with Crippen LogP contribution in [-0.2, 0) is 0 Å². The van der Waals surface area contributed by atoms with Gasteiger partial charge in [0.15, 0.2) is 0 Å². The Kier molecular flexibility index (Phi) is 5.39. The fourth-order valence-corrected chi connectivity index (χ4v) is 7.22. The Balaban J connectivity index is 1.31. The van der Waals surface area contributed by atoms with E-state index in [1.165, 1.54) is 58.5 Å². The molecule has 2 heteroatoms. The first-order chi connectivity index (χ1) is 19.8. The Morgan fingerprint density at radius 2 is 1.02 bits per heavy atom. The summed E-state index contributed by atoms with van der Waals surface area (Å²) in [6.07, 6.45) is 0. The second-order valence-corrected chi connectivity index (χ2v) is 11.2. The molecule has 0 saturated carbocycles. The fraction of sp³-hybridized carbons (Fsp3) is 0. The van der Waals surface area contributed by atoms with Crippen molar-refractivity contribution in [2.75, 3.05) is 4.90 Å². The van der Waals surface area contributed by atoms with Crippen molar-refractivity contribution in [1.82, 2.24) is 0 Å². The molecule has 0 amide bonds. The minimum absolute atomic E-state index is 1.14. The molecule has 8 aromatic rings. The van der Waals surface area contributed by atoms with E-state index in [-0.39, 0.29) is 0 Å². The van der Waals surface area contributed by atoms with Crippen LogP contribution < -0.4 is 4.90 Å². The first-order valence-electron chi connectivity index (χ1n) is 13.6. The van der Waals surface area contributed by atoms with Crippen molar-refractivity contribution in [2.45, 2.75) is 0 Å². The van der Waals surface area contributed by atoms with E-state index in [4.69, 9.17) is 0 Å². The molecule has 0 N–H and O–H groups in total. The van der Waals surface area contributed by atoms with E-state index in [9.17, 15) is 0 Å². The topological polar surface area (TPSA) is 3.24 Å². The van der Waals surface area contributed by atoms with E-state index in [1.54, 1.807) is 0 Å². The lowest BCUT2D eigenvalue weighted by atomic mass is 9.98. The van der Waals surface area contributed by atoms with E-state index in [0.29, 0.717) is 0 Å². The SMILES string of the molecule is c1ccc(N(c2ccc(-c3cccc4ccccc34)cc2)c2cccc3c2ccc2c4ccccc4sc32)cc1. The van der Waals surface area contributed by atoms with Gasteiger partial charge in [0.05, 0.1) is 5.69 Å². The highest BCUT2D eigenvalue weighted by Crippen LogP contribution is 2.44. The largest absolute Gasteiger partial charge is 0.310 e. The normalized spacial score (nSPS) is 11.5. The summed E-state index contributed by atoms with van der Waals surface area (Å²) < 4.78 is 2.68. The van der Waals surface area contributed by atoms with Crippen LogP contribution in [0.15, 0.2) is 152 Å². The molecule has 0 saturated heterocycles. The average molecular weight is 528 g/mol. The summed E-state index contributed by atoms with van der Waals surface area (Å²) in [5.41, 5.74) is 5.94. The Labute approximate surface area is 237 Å². The number of para-hydroxylation sites is 1. The van der Waals surface area contributed by atoms with Crippen LogP contribution in [0.2, 0.25) is 0 Å². The molecule has 0 radical (unpaired) electrons. The van der Waals surface area contributed by atoms with Crippen LogP contribution in [0.5, 0.6) is 0 Å². The van der Waals surface area contributed by atoms with E-state index >= 15 is 0 Å². The highest BCUT2D eigenvalue weighted by Gasteiger charge is 2.17. The molecule has 0 aliphatic rings. The van der Waals surface area contributed by atoms with E-state index in [2.05, 4.69) is 157 Å². The molecule has 0 bridgehead atoms. The number of hydrogen-bond acceptors (Lipinski definition) is 2. The van der Waals surface area contributed by atoms with Crippen LogP contribution in [0.1, 0.15) is 0 Å². The van der Waals surface area contributed by atoms with Gasteiger partial charge in [0.1, 0.15) is 0 Å². The predicted octanol–water partition coefficient (Wildman–Crippen LogP) is 11.5. The number of nitrogens with zero attached hydrogens (tertiary/aromatic N) is 1. The molecule has 0 aliphatic heterocycles. The van der Waals surface area contributed by atoms with E-state index in [0.717, 1.165) is 11.4 Å². The van der Waals surface area contributed by atoms with E-state index < -0.39 is 0 Å². The molecule has 1 nitrogen and oxygen atoms in total. The molecule has 40 heavy (non-hydrogen) atoms. The Bertz CT molecular complexity index is 2150. The second-order valence-electron chi connectivity index (χ2n) is 10.2. The Morgan fingerprint density at radius 1 is 0.400 bits per heavy atom. The van der Waals surface area contributed by atoms with Crippen molar-refractivity contribution >= 4 is 70.1 Å². The van der Waals surface area contributed by atoms with Crippen molar-refractivity contribution in [3.05, 3.63) is 152 Å². The van der Waals surface area contributed by atoms with Crippen LogP contribution in [0.25, 0.3) is 52.8 Å². The van der Waals surface area contributed by atoms with Gasteiger partial charge in [-0.05, 0) is 58.3 Å². The van der Waals surface area contributed by atoms with Crippen molar-refractivity contribution in [1.29, 1.82) is 0 Å². The third-order valence-electron chi connectivity index (χ3n) is 7.86. The van der Waals surface area contributed by atoms with Gasteiger partial charge in [0.2, 0.25) is 0 Å². The quantitative estimate of drug-likeness (QED) is 0.220. The maximum atomic E-state index is 2.38. The molecular weight excluding hydrogens is 502 g/mol. The second kappa shape index (κ2) is 9.37. The number of fused-ring (bicyclic) bond motifs is 6. The van der Waals surface area contributed by atoms with Crippen LogP contribution in [0.4, 0.5) is 17.1 Å². The number of hydrogen-bond donors (Lipinski definition) is 0. The molecule has 0 atom stereocenters. The van der Waals surface area contributed by atoms with Crippen LogP contribution in [0, 0.1) is 0 Å². The minimum Gasteiger partial charge on any atom is -0.310 e. The van der Waals surface area contributed by atoms with E-state index in [1.807, 2.05) is 11.3 Å². The summed E-state index contributed by atoms with van der Waals surface area (Å²) in [6, 6.07) is 54.9. The van der Waals surface area contributed by atoms with Gasteiger partial charge in [0.25, 0.3) is 0 Å². The molecule has 188 valence electrons. The van der Waals surface area contributed by atoms with Crippen molar-refractivity contribution < 1.29 is 0 Å². The van der Waals surface area contributed by atoms with Crippen LogP contribution >= 0.6 is 11.3 Å². The molecule has 0 unspecified atom stereocenters. The molecule has 1 heterocycles. The van der Waals surface area contributed by atoms with Gasteiger partial charge >= 0.3 is 0 Å². The fourth-order valence-electron chi connectivity index (χ4n) is 5.99. The lowest BCUT2D eigenvalue weighted by Crippen LogP contribution is -2.10. The van der Waals surface area contributed by atoms with Gasteiger partial charge in [-0.2, -0.15) is 0 Å². The zero-order valence-corrected chi connectivity index (χ0v) is 22.6. The summed E-state index contributed by atoms with van der Waals surface area (Å²) in [6.45, 7) is 0. The molecular formula is C38H25NS. The van der Waals surface area contributed by atoms with Gasteiger partial charge in [-0.3, -0.25) is 0 Å². The number of rotatable bonds is 4. The number of thiophene rings is 1. The van der Waals surface area contributed by atoms with Crippen LogP contribution in [-0.4, -0.2) is 0 Å². The highest BCUT2D eigenvalue weighted by atomic mass is 32.1. The smallest absolute Gasteiger partial charge is 0.0540 e. The molecule has 7 aromatic carbocycles. The summed E-state index contributed by atoms with van der Waals surface area (Å²) in [5.74, 6) is 0. The predicted molar refractivity (Wildman–Crippen MR) is 174 cm³/mol. The first kappa shape index (κ1) is 23.0. The third-order valence-corrected chi connectivity index (χ3v) is 9.08. The van der Waals surface area contributed by atoms with Crippen LogP contribution in [0.3, 0.4) is 0 Å². The number of anilines is 3. The summed E-state index contributed by atoms with van der Waals surface area (Å²) in [4.78, 5) is 2.38. The zero-order chi connectivity index (χ0) is 26.5. The maximum absolute atomic E-state index is 2.38. The molecule has 0 spiro atoms. The lowest BCUT2D eigenvalue weighted by Gasteiger charge is -2.27. The monoisotopic (exact) mass is 527 g/mol. The summed E-state index contributed by atoms with van der Waals surface area (Å²) in [7, 11) is 0. The first-order valence-corrected chi connectivity index (χ1v) is 14.4. The Hall–Kier alpha value is -4.92. The van der Waals surface area contributed by atoms with Crippen molar-refractivity contribution in [2.24, 2.45) is 0 Å². The lowest BCUT2D eigenvalue weighted by molar-refractivity contribution is 1.30. The summed E-state index contributed by atoms with van der Waals surface area (Å²) in [5, 5.41) is 7.75. The van der Waals surface area contributed by atoms with Gasteiger partial charge in [0, 0.05) is 42.3 Å². The van der Waals surface area contributed by atoms with Crippen molar-refractivity contribution in [3.63, 3.8) is 0 Å². The summed E-state index contributed by atoms with van der Waals surface area (Å²) >= 11 is 1.89. The highest BCUT2D eigenvalue weighted by molar-refractivity contribution is 7.26. The third kappa shape index (κ3) is 3.69. The molecule has 0 aliphatic carbocycles.